The van der Waals surface area contributed by atoms with Crippen molar-refractivity contribution in [2.75, 3.05) is 26.0 Å². The number of nitrogens with zero attached hydrogens (tertiary/aromatic N) is 1. The first kappa shape index (κ1) is 12.8. The highest BCUT2D eigenvalue weighted by Crippen LogP contribution is 2.03. The molecule has 0 aliphatic heterocycles. The van der Waals surface area contributed by atoms with E-state index in [1.54, 1.807) is 0 Å². The Labute approximate surface area is 76.0 Å². The molecule has 4 N–H and O–H groups in total. The molecule has 0 saturated heterocycles. The summed E-state index contributed by atoms with van der Waals surface area (Å²) in [5, 5.41) is 26.3. The lowest BCUT2D eigenvalue weighted by molar-refractivity contribution is -0.272. The molecular formula is C5H13NO6S. The lowest BCUT2D eigenvalue weighted by Crippen LogP contribution is -2.50. The molecule has 0 saturated carbocycles. The van der Waals surface area contributed by atoms with Gasteiger partial charge in [0.25, 0.3) is 10.1 Å². The summed E-state index contributed by atoms with van der Waals surface area (Å²) in [7, 11) is -2.94. The van der Waals surface area contributed by atoms with Crippen LogP contribution < -0.4 is 0 Å². The van der Waals surface area contributed by atoms with Crippen LogP contribution in [0.5, 0.6) is 0 Å². The maximum Gasteiger partial charge on any atom is 0.266 e. The zero-order valence-electron chi connectivity index (χ0n) is 7.08. The van der Waals surface area contributed by atoms with Gasteiger partial charge in [-0.1, -0.05) is 0 Å². The van der Waals surface area contributed by atoms with E-state index in [2.05, 4.69) is 0 Å². The van der Waals surface area contributed by atoms with Gasteiger partial charge in [0.2, 0.25) is 5.91 Å². The highest BCUT2D eigenvalue weighted by molar-refractivity contribution is 7.85. The summed E-state index contributed by atoms with van der Waals surface area (Å²) in [5.41, 5.74) is 0. The summed E-state index contributed by atoms with van der Waals surface area (Å²) in [6.07, 6.45) is 0. The lowest BCUT2D eigenvalue weighted by Gasteiger charge is -2.29. The average Bonchev–Trinajstić information content (AvgIpc) is 1.98. The molecule has 0 rings (SSSR count). The second kappa shape index (κ2) is 4.31. The standard InChI is InChI=1S/C5H13NO6S/c1-6(5(8,9)4-7)2-3-13(10,11)12/h7-9H,2-4H2,1H3,(H,10,11,12). The van der Waals surface area contributed by atoms with Crippen LogP contribution in [0.2, 0.25) is 0 Å². The van der Waals surface area contributed by atoms with Crippen LogP contribution in [0.4, 0.5) is 0 Å². The number of aliphatic hydroxyl groups excluding tert-OH is 1. The zero-order chi connectivity index (χ0) is 10.7. The minimum Gasteiger partial charge on any atom is -0.389 e. The quantitative estimate of drug-likeness (QED) is 0.294. The number of hydrogen-bond donors (Lipinski definition) is 4. The van der Waals surface area contributed by atoms with Crippen LogP contribution in [0.15, 0.2) is 0 Å². The fourth-order valence-electron chi connectivity index (χ4n) is 0.552. The molecule has 0 fully saturated rings. The molecule has 0 atom stereocenters. The smallest absolute Gasteiger partial charge is 0.266 e. The first-order valence-electron chi connectivity index (χ1n) is 3.41. The Morgan fingerprint density at radius 1 is 1.38 bits per heavy atom. The van der Waals surface area contributed by atoms with Crippen molar-refractivity contribution in [3.63, 3.8) is 0 Å². The van der Waals surface area contributed by atoms with Gasteiger partial charge in [0.1, 0.15) is 6.61 Å². The first-order chi connectivity index (χ1) is 5.69. The second-order valence-corrected chi connectivity index (χ2v) is 4.21. The lowest BCUT2D eigenvalue weighted by atomic mass is 10.4. The van der Waals surface area contributed by atoms with E-state index in [4.69, 9.17) is 19.9 Å². The highest BCUT2D eigenvalue weighted by Gasteiger charge is 2.28. The number of likely N-dealkylation sites (N-methyl/N-ethyl adjacent to an activating group) is 1. The van der Waals surface area contributed by atoms with Gasteiger partial charge in [-0.05, 0) is 7.05 Å². The van der Waals surface area contributed by atoms with Crippen LogP contribution in [0.1, 0.15) is 0 Å². The maximum atomic E-state index is 10.3. The molecule has 0 spiro atoms. The molecule has 0 amide bonds. The van der Waals surface area contributed by atoms with Gasteiger partial charge in [-0.3, -0.25) is 9.45 Å². The third-order valence-corrected chi connectivity index (χ3v) is 2.21. The summed E-state index contributed by atoms with van der Waals surface area (Å²) >= 11 is 0. The number of hydrogen-bond acceptors (Lipinski definition) is 6. The van der Waals surface area contributed by atoms with E-state index in [9.17, 15) is 8.42 Å². The van der Waals surface area contributed by atoms with Crippen molar-refractivity contribution in [1.82, 2.24) is 4.90 Å². The molecule has 80 valence electrons. The molecule has 0 unspecified atom stereocenters. The van der Waals surface area contributed by atoms with Crippen LogP contribution in [-0.4, -0.2) is 65.1 Å². The zero-order valence-corrected chi connectivity index (χ0v) is 7.90. The van der Waals surface area contributed by atoms with Crippen molar-refractivity contribution in [2.24, 2.45) is 0 Å². The molecule has 0 bridgehead atoms. The fraction of sp³-hybridized carbons (Fsp3) is 1.00. The molecule has 13 heavy (non-hydrogen) atoms. The van der Waals surface area contributed by atoms with Gasteiger partial charge >= 0.3 is 0 Å². The van der Waals surface area contributed by atoms with E-state index >= 15 is 0 Å². The van der Waals surface area contributed by atoms with Gasteiger partial charge in [-0.15, -0.1) is 0 Å². The summed E-state index contributed by atoms with van der Waals surface area (Å²) in [6.45, 7) is -1.25. The average molecular weight is 215 g/mol. The van der Waals surface area contributed by atoms with Gasteiger partial charge in [-0.2, -0.15) is 8.42 Å². The third-order valence-electron chi connectivity index (χ3n) is 1.51. The Hall–Kier alpha value is -0.250. The number of rotatable bonds is 5. The van der Waals surface area contributed by atoms with Crippen LogP contribution in [0, 0.1) is 0 Å². The van der Waals surface area contributed by atoms with Gasteiger partial charge < -0.3 is 15.3 Å². The molecule has 0 aromatic rings. The largest absolute Gasteiger partial charge is 0.389 e. The monoisotopic (exact) mass is 215 g/mol. The van der Waals surface area contributed by atoms with E-state index < -0.39 is 28.4 Å². The van der Waals surface area contributed by atoms with Gasteiger partial charge in [0.05, 0.1) is 5.75 Å². The molecule has 7 nitrogen and oxygen atoms in total. The van der Waals surface area contributed by atoms with Crippen LogP contribution in [0.3, 0.4) is 0 Å². The molecule has 0 aliphatic carbocycles. The molecule has 0 heterocycles. The van der Waals surface area contributed by atoms with Crippen LogP contribution >= 0.6 is 0 Å². The first-order valence-corrected chi connectivity index (χ1v) is 5.02. The molecule has 8 heteroatoms. The van der Waals surface area contributed by atoms with Crippen LogP contribution in [-0.2, 0) is 10.1 Å². The van der Waals surface area contributed by atoms with Gasteiger partial charge in [0, 0.05) is 6.54 Å². The van der Waals surface area contributed by atoms with Crippen molar-refractivity contribution >= 4 is 10.1 Å². The van der Waals surface area contributed by atoms with Crippen molar-refractivity contribution in [1.29, 1.82) is 0 Å². The fourth-order valence-corrected chi connectivity index (χ4v) is 1.06. The molecule has 0 aromatic carbocycles. The summed E-state index contributed by atoms with van der Waals surface area (Å²) < 4.78 is 28.8. The topological polar surface area (TPSA) is 118 Å². The molecular weight excluding hydrogens is 202 g/mol. The third kappa shape index (κ3) is 5.13. The SMILES string of the molecule is CN(CCS(=O)(=O)O)C(O)(O)CO. The molecule has 0 radical (unpaired) electrons. The van der Waals surface area contributed by atoms with Gasteiger partial charge in [-0.25, -0.2) is 0 Å². The normalized spacial score (nSPS) is 13.7. The Bertz CT molecular complexity index is 248. The highest BCUT2D eigenvalue weighted by atomic mass is 32.2. The summed E-state index contributed by atoms with van der Waals surface area (Å²) in [4.78, 5) is 0.792. The Balaban J connectivity index is 4.10. The predicted molar refractivity (Wildman–Crippen MR) is 43.3 cm³/mol. The summed E-state index contributed by atoms with van der Waals surface area (Å²) in [5.74, 6) is -3.10. The van der Waals surface area contributed by atoms with Crippen molar-refractivity contribution < 1.29 is 28.3 Å². The van der Waals surface area contributed by atoms with E-state index in [1.165, 1.54) is 7.05 Å². The number of aliphatic hydroxyl groups is 3. The van der Waals surface area contributed by atoms with Crippen molar-refractivity contribution in [3.8, 4) is 0 Å². The second-order valence-electron chi connectivity index (χ2n) is 2.64. The minimum absolute atomic E-state index is 0.299. The van der Waals surface area contributed by atoms with Crippen molar-refractivity contribution in [2.45, 2.75) is 5.91 Å². The molecule has 0 aromatic heterocycles. The Morgan fingerprint density at radius 2 is 1.85 bits per heavy atom. The van der Waals surface area contributed by atoms with E-state index in [-0.39, 0.29) is 6.54 Å². The van der Waals surface area contributed by atoms with Gasteiger partial charge in [0.15, 0.2) is 0 Å². The summed E-state index contributed by atoms with van der Waals surface area (Å²) in [6, 6.07) is 0. The predicted octanol–water partition coefficient (Wildman–Crippen LogP) is -2.56. The molecule has 0 aliphatic rings. The van der Waals surface area contributed by atoms with Crippen molar-refractivity contribution in [3.05, 3.63) is 0 Å². The Kier molecular flexibility index (Phi) is 4.23. The van der Waals surface area contributed by atoms with E-state index in [1.807, 2.05) is 0 Å². The van der Waals surface area contributed by atoms with E-state index in [0.29, 0.717) is 0 Å². The van der Waals surface area contributed by atoms with Crippen LogP contribution in [0.25, 0.3) is 0 Å². The Morgan fingerprint density at radius 3 is 2.15 bits per heavy atom. The minimum atomic E-state index is -4.13. The maximum absolute atomic E-state index is 10.3. The van der Waals surface area contributed by atoms with E-state index in [0.717, 1.165) is 4.90 Å².